The van der Waals surface area contributed by atoms with Crippen LogP contribution in [0.4, 0.5) is 4.39 Å². The third-order valence-electron chi connectivity index (χ3n) is 2.65. The van der Waals surface area contributed by atoms with Crippen molar-refractivity contribution in [3.8, 4) is 5.75 Å². The van der Waals surface area contributed by atoms with E-state index < -0.39 is 11.8 Å². The van der Waals surface area contributed by atoms with Crippen LogP contribution in [0.15, 0.2) is 36.5 Å². The van der Waals surface area contributed by atoms with Gasteiger partial charge in [-0.1, -0.05) is 41.9 Å². The fraction of sp³-hybridized carbons (Fsp3) is 0.200. The average Bonchev–Trinajstić information content (AvgIpc) is 2.50. The Hall–Kier alpha value is -2.14. The molecule has 2 aromatic rings. The van der Waals surface area contributed by atoms with E-state index >= 15 is 0 Å². The Morgan fingerprint density at radius 3 is 2.71 bits per heavy atom. The first-order chi connectivity index (χ1) is 10.1. The van der Waals surface area contributed by atoms with E-state index in [4.69, 9.17) is 21.1 Å². The van der Waals surface area contributed by atoms with E-state index in [-0.39, 0.29) is 29.7 Å². The smallest absolute Gasteiger partial charge is 0.343 e. The number of esters is 1. The number of halogens is 2. The minimum Gasteiger partial charge on any atom is -0.485 e. The lowest BCUT2D eigenvalue weighted by atomic mass is 10.2. The fourth-order valence-electron chi connectivity index (χ4n) is 1.67. The van der Waals surface area contributed by atoms with E-state index in [1.165, 1.54) is 0 Å². The number of benzene rings is 1. The largest absolute Gasteiger partial charge is 0.485 e. The monoisotopic (exact) mass is 309 g/mol. The van der Waals surface area contributed by atoms with Crippen molar-refractivity contribution in [2.45, 2.75) is 13.5 Å². The lowest BCUT2D eigenvalue weighted by Crippen LogP contribution is -2.10. The highest BCUT2D eigenvalue weighted by molar-refractivity contribution is 6.29. The summed E-state index contributed by atoms with van der Waals surface area (Å²) in [4.78, 5) is 15.4. The Kier molecular flexibility index (Phi) is 5.11. The molecule has 0 fully saturated rings. The second-order valence-corrected chi connectivity index (χ2v) is 4.46. The van der Waals surface area contributed by atoms with Crippen LogP contribution in [0.3, 0.4) is 0 Å². The summed E-state index contributed by atoms with van der Waals surface area (Å²) in [5.74, 6) is -1.83. The van der Waals surface area contributed by atoms with Gasteiger partial charge in [0.05, 0.1) is 6.61 Å². The first kappa shape index (κ1) is 15.3. The van der Waals surface area contributed by atoms with Crippen molar-refractivity contribution in [3.05, 3.63) is 58.6 Å². The molecule has 0 atom stereocenters. The molecule has 0 radical (unpaired) electrons. The molecule has 0 spiro atoms. The molecule has 21 heavy (non-hydrogen) atoms. The van der Waals surface area contributed by atoms with Crippen molar-refractivity contribution in [2.24, 2.45) is 0 Å². The Bertz CT molecular complexity index is 634. The van der Waals surface area contributed by atoms with Crippen LogP contribution in [-0.2, 0) is 11.3 Å². The Balaban J connectivity index is 2.27. The number of aromatic nitrogens is 1. The first-order valence-electron chi connectivity index (χ1n) is 6.31. The predicted molar refractivity (Wildman–Crippen MR) is 75.9 cm³/mol. The molecule has 1 aromatic carbocycles. The summed E-state index contributed by atoms with van der Waals surface area (Å²) in [5.41, 5.74) is 0.745. The minimum atomic E-state index is -0.877. The highest BCUT2D eigenvalue weighted by Gasteiger charge is 2.21. The molecule has 0 saturated carbocycles. The van der Waals surface area contributed by atoms with Gasteiger partial charge in [0.1, 0.15) is 12.2 Å². The van der Waals surface area contributed by atoms with Gasteiger partial charge >= 0.3 is 5.97 Å². The van der Waals surface area contributed by atoms with Crippen LogP contribution in [0.25, 0.3) is 0 Å². The van der Waals surface area contributed by atoms with E-state index in [0.29, 0.717) is 0 Å². The molecule has 0 amide bonds. The number of carbonyl (C=O) groups is 1. The predicted octanol–water partition coefficient (Wildman–Crippen LogP) is 3.63. The molecule has 0 bridgehead atoms. The number of hydrogen-bond acceptors (Lipinski definition) is 4. The second-order valence-electron chi connectivity index (χ2n) is 4.10. The van der Waals surface area contributed by atoms with E-state index in [9.17, 15) is 9.18 Å². The second kappa shape index (κ2) is 7.04. The van der Waals surface area contributed by atoms with Crippen LogP contribution in [-0.4, -0.2) is 17.6 Å². The van der Waals surface area contributed by atoms with Gasteiger partial charge in [0.15, 0.2) is 10.9 Å². The van der Waals surface area contributed by atoms with Gasteiger partial charge in [-0.3, -0.25) is 0 Å². The summed E-state index contributed by atoms with van der Waals surface area (Å²) < 4.78 is 24.3. The lowest BCUT2D eigenvalue weighted by Gasteiger charge is -2.12. The lowest BCUT2D eigenvalue weighted by molar-refractivity contribution is 0.0519. The molecule has 1 heterocycles. The highest BCUT2D eigenvalue weighted by Crippen LogP contribution is 2.28. The van der Waals surface area contributed by atoms with Crippen LogP contribution < -0.4 is 4.74 Å². The molecule has 110 valence electrons. The summed E-state index contributed by atoms with van der Waals surface area (Å²) in [7, 11) is 0. The molecule has 1 aromatic heterocycles. The van der Waals surface area contributed by atoms with Crippen molar-refractivity contribution in [1.29, 1.82) is 0 Å². The first-order valence-corrected chi connectivity index (χ1v) is 6.69. The molecule has 6 heteroatoms. The van der Waals surface area contributed by atoms with Crippen LogP contribution in [0, 0.1) is 5.82 Å². The van der Waals surface area contributed by atoms with Gasteiger partial charge in [-0.05, 0) is 12.5 Å². The summed E-state index contributed by atoms with van der Waals surface area (Å²) >= 11 is 5.63. The van der Waals surface area contributed by atoms with Crippen molar-refractivity contribution in [1.82, 2.24) is 4.98 Å². The molecule has 0 N–H and O–H groups in total. The van der Waals surface area contributed by atoms with E-state index in [0.717, 1.165) is 11.8 Å². The van der Waals surface area contributed by atoms with Crippen molar-refractivity contribution < 1.29 is 18.7 Å². The number of hydrogen-bond donors (Lipinski definition) is 0. The molecule has 0 unspecified atom stereocenters. The van der Waals surface area contributed by atoms with Gasteiger partial charge in [0.25, 0.3) is 0 Å². The standard InChI is InChI=1S/C15H13ClFNO3/c1-2-20-15(19)11-8-18-14(16)12(17)13(11)21-9-10-6-4-3-5-7-10/h3-8H,2,9H2,1H3. The molecular weight excluding hydrogens is 297 g/mol. The number of carbonyl (C=O) groups excluding carboxylic acids is 1. The van der Waals surface area contributed by atoms with E-state index in [2.05, 4.69) is 4.98 Å². The van der Waals surface area contributed by atoms with Gasteiger partial charge < -0.3 is 9.47 Å². The Morgan fingerprint density at radius 2 is 2.05 bits per heavy atom. The summed E-state index contributed by atoms with van der Waals surface area (Å²) in [5, 5.41) is -0.355. The SMILES string of the molecule is CCOC(=O)c1cnc(Cl)c(F)c1OCc1ccccc1. The molecule has 0 aliphatic heterocycles. The summed E-state index contributed by atoms with van der Waals surface area (Å²) in [6.07, 6.45) is 1.14. The quantitative estimate of drug-likeness (QED) is 0.625. The summed E-state index contributed by atoms with van der Waals surface area (Å²) in [6, 6.07) is 9.18. The van der Waals surface area contributed by atoms with Crippen LogP contribution >= 0.6 is 11.6 Å². The highest BCUT2D eigenvalue weighted by atomic mass is 35.5. The molecule has 0 saturated heterocycles. The molecule has 2 rings (SSSR count). The number of ether oxygens (including phenoxy) is 2. The van der Waals surface area contributed by atoms with E-state index in [1.807, 2.05) is 30.3 Å². The van der Waals surface area contributed by atoms with Crippen molar-refractivity contribution >= 4 is 17.6 Å². The third-order valence-corrected chi connectivity index (χ3v) is 2.92. The zero-order valence-electron chi connectivity index (χ0n) is 11.3. The Morgan fingerprint density at radius 1 is 1.33 bits per heavy atom. The van der Waals surface area contributed by atoms with Crippen molar-refractivity contribution in [2.75, 3.05) is 6.61 Å². The van der Waals surface area contributed by atoms with Gasteiger partial charge in [0, 0.05) is 6.20 Å². The zero-order valence-corrected chi connectivity index (χ0v) is 12.1. The third kappa shape index (κ3) is 3.70. The van der Waals surface area contributed by atoms with E-state index in [1.54, 1.807) is 6.92 Å². The molecule has 0 aliphatic rings. The maximum absolute atomic E-state index is 14.0. The normalized spacial score (nSPS) is 10.2. The van der Waals surface area contributed by atoms with Gasteiger partial charge in [-0.25, -0.2) is 9.78 Å². The van der Waals surface area contributed by atoms with Crippen LogP contribution in [0.1, 0.15) is 22.8 Å². The van der Waals surface area contributed by atoms with Gasteiger partial charge in [0.2, 0.25) is 5.82 Å². The number of rotatable bonds is 5. The zero-order chi connectivity index (χ0) is 15.2. The average molecular weight is 310 g/mol. The molecule has 4 nitrogen and oxygen atoms in total. The molecular formula is C15H13ClFNO3. The maximum Gasteiger partial charge on any atom is 0.343 e. The fourth-order valence-corrected chi connectivity index (χ4v) is 1.81. The van der Waals surface area contributed by atoms with Crippen LogP contribution in [0.5, 0.6) is 5.75 Å². The Labute approximate surface area is 126 Å². The van der Waals surface area contributed by atoms with Gasteiger partial charge in [-0.15, -0.1) is 0 Å². The van der Waals surface area contributed by atoms with Gasteiger partial charge in [-0.2, -0.15) is 4.39 Å². The number of nitrogens with zero attached hydrogens (tertiary/aromatic N) is 1. The van der Waals surface area contributed by atoms with Crippen LogP contribution in [0.2, 0.25) is 5.15 Å². The summed E-state index contributed by atoms with van der Waals surface area (Å²) in [6.45, 7) is 1.92. The van der Waals surface area contributed by atoms with Crippen molar-refractivity contribution in [3.63, 3.8) is 0 Å². The number of pyridine rings is 1. The molecule has 0 aliphatic carbocycles. The minimum absolute atomic E-state index is 0.0883. The topological polar surface area (TPSA) is 48.4 Å². The maximum atomic E-state index is 14.0.